The molecule has 18 N–H and O–H groups in total. The van der Waals surface area contributed by atoms with Gasteiger partial charge in [-0.05, 0) is 126 Å². The Labute approximate surface area is 701 Å². The van der Waals surface area contributed by atoms with Crippen molar-refractivity contribution in [2.24, 2.45) is 63.6 Å². The van der Waals surface area contributed by atoms with Crippen molar-refractivity contribution in [3.05, 3.63) is 71.4 Å². The molecular formula is C84H120N12O25. The highest BCUT2D eigenvalue weighted by molar-refractivity contribution is 6.00. The summed E-state index contributed by atoms with van der Waals surface area (Å²) in [6.07, 6.45) is -6.44. The Morgan fingerprint density at radius 2 is 1.02 bits per heavy atom. The van der Waals surface area contributed by atoms with Crippen LogP contribution in [0.1, 0.15) is 211 Å². The van der Waals surface area contributed by atoms with Crippen LogP contribution in [0.15, 0.2) is 59.7 Å². The third kappa shape index (κ3) is 36.9. The average molecular weight is 1700 g/mol. The number of carbonyl (C=O) groups is 19. The number of guanidine groups is 1. The fourth-order valence-corrected chi connectivity index (χ4v) is 14.3. The second-order valence-corrected chi connectivity index (χ2v) is 31.8. The lowest BCUT2D eigenvalue weighted by Gasteiger charge is -2.30. The number of ketones is 7. The first-order valence-corrected chi connectivity index (χ1v) is 40.9. The van der Waals surface area contributed by atoms with Crippen molar-refractivity contribution in [3.8, 4) is 0 Å². The number of carboxylic acids is 5. The molecule has 666 valence electrons. The zero-order chi connectivity index (χ0) is 90.3. The molecule has 2 aromatic carbocycles. The number of H-pyrrole nitrogens is 1. The number of nitrogens with two attached hydrogens (primary N) is 3. The van der Waals surface area contributed by atoms with Gasteiger partial charge < -0.3 is 89.3 Å². The van der Waals surface area contributed by atoms with Gasteiger partial charge in [0, 0.05) is 150 Å². The van der Waals surface area contributed by atoms with Crippen molar-refractivity contribution in [3.63, 3.8) is 0 Å². The standard InChI is InChI=1S/C84H120N12O25/c1-46(2)35-63(68(100)37-48(5)77(114)93-64(36-47(3)4)71(103)43-55(78(115)88-7)39-56-44-90-60-15-9-8-14-58(56)60)95-82(119)66-16-11-33-96(66)83(120)54(13-10-32-89-84(86)87)40-57(98)45-121-34-12-17-67(99)65(38-50-18-20-51(21-19-50)49(6)97)94-80(117)53(23-28-73(106)107)42-69(101)61(25-30-75(110)111)91-79(116)52(22-27-72(104)105)41-70(102)62(26-31-76(112)113)92-81(118)59(85)24-29-74(108)109/h8-9,14-15,18-21,44,46-48,52-55,59,61-66,90H,10-13,16-17,22-43,45,85H2,1-7H3,(H,88,115)(H,91,116)(H,92,118)(H,93,114)(H,94,117)(H,95,119)(H,104,105)(H,106,107)(H,108,109)(H,110,111)(H,112,113)(H4,86,87,89)/t48-,52+,53+,54-,55-,59-,61-,62-,63+,64+,65-,66+/m1/s1. The highest BCUT2D eigenvalue weighted by Crippen LogP contribution is 2.29. The van der Waals surface area contributed by atoms with Crippen LogP contribution in [-0.4, -0.2) is 229 Å². The molecule has 121 heavy (non-hydrogen) atoms. The SMILES string of the molecule is CNC(=O)[C@@H](CC(=O)[C@H](CC(C)C)NC(=O)[C@H](C)CC(=O)[C@H](CC(C)C)NC(=O)[C@@H]1CCCN1C(=O)[C@H](CCCN=C(N)N)CC(=O)COCCCC(=O)[C@@H](Cc1ccc(C(C)=O)cc1)NC(=O)[C@@H](CCC(=O)O)CC(=O)[C@@H](CCC(=O)O)NC(=O)[C@@H](CCC(=O)O)CC(=O)[C@@H](CCC(=O)O)NC(=O)[C@H](N)CCC(=O)O)Cc1c[nH]c2ccccc12. The van der Waals surface area contributed by atoms with E-state index in [1.54, 1.807) is 6.20 Å². The van der Waals surface area contributed by atoms with Crippen LogP contribution >= 0.6 is 0 Å². The number of likely N-dealkylation sites (tertiary alicyclic amines) is 1. The van der Waals surface area contributed by atoms with Crippen LogP contribution in [0.3, 0.4) is 0 Å². The number of Topliss-reactive ketones (excluding diaryl/α,β-unsaturated/α-hetero) is 7. The van der Waals surface area contributed by atoms with E-state index in [0.29, 0.717) is 17.5 Å². The average Bonchev–Trinajstić information content (AvgIpc) is 1.69. The molecule has 4 rings (SSSR count). The Kier molecular flexibility index (Phi) is 43.6. The zero-order valence-corrected chi connectivity index (χ0v) is 69.8. The van der Waals surface area contributed by atoms with Crippen LogP contribution in [0.2, 0.25) is 0 Å². The summed E-state index contributed by atoms with van der Waals surface area (Å²) >= 11 is 0. The number of carbonyl (C=O) groups excluding carboxylic acids is 14. The zero-order valence-electron chi connectivity index (χ0n) is 69.8. The van der Waals surface area contributed by atoms with Gasteiger partial charge in [0.25, 0.3) is 0 Å². The minimum atomic E-state index is -1.81. The van der Waals surface area contributed by atoms with E-state index in [-0.39, 0.29) is 132 Å². The maximum atomic E-state index is 14.7. The van der Waals surface area contributed by atoms with Crippen LogP contribution in [0, 0.1) is 41.4 Å². The molecule has 0 spiro atoms. The molecule has 37 heteroatoms. The summed E-state index contributed by atoms with van der Waals surface area (Å²) in [4.78, 5) is 262. The van der Waals surface area contributed by atoms with E-state index < -0.39 is 250 Å². The Bertz CT molecular complexity index is 4170. The van der Waals surface area contributed by atoms with Crippen molar-refractivity contribution in [1.82, 2.24) is 41.8 Å². The number of ether oxygens (including phenoxy) is 1. The topological polar surface area (TPSA) is 616 Å². The second kappa shape index (κ2) is 51.9. The summed E-state index contributed by atoms with van der Waals surface area (Å²) < 4.78 is 5.75. The van der Waals surface area contributed by atoms with Crippen molar-refractivity contribution in [1.29, 1.82) is 0 Å². The number of aromatic amines is 1. The van der Waals surface area contributed by atoms with Gasteiger partial charge in [-0.25, -0.2) is 0 Å². The van der Waals surface area contributed by atoms with Gasteiger partial charge in [0.15, 0.2) is 46.4 Å². The summed E-state index contributed by atoms with van der Waals surface area (Å²) in [5, 5.41) is 64.0. The Morgan fingerprint density at radius 1 is 0.521 bits per heavy atom. The smallest absolute Gasteiger partial charge is 0.303 e. The minimum Gasteiger partial charge on any atom is -0.481 e. The number of benzene rings is 2. The number of nitrogens with zero attached hydrogens (tertiary/aromatic N) is 2. The number of amides is 7. The van der Waals surface area contributed by atoms with E-state index in [0.717, 1.165) is 16.5 Å². The largest absolute Gasteiger partial charge is 0.481 e. The quantitative estimate of drug-likeness (QED) is 0.0167. The molecule has 1 aliphatic rings. The fraction of sp³-hybridized carbons (Fsp3) is 0.595. The van der Waals surface area contributed by atoms with Crippen molar-refractivity contribution in [2.75, 3.05) is 33.4 Å². The van der Waals surface area contributed by atoms with Gasteiger partial charge in [-0.2, -0.15) is 0 Å². The molecule has 2 heterocycles. The Hall–Kier alpha value is -11.5. The number of aliphatic imine (C=N–C) groups is 1. The lowest BCUT2D eigenvalue weighted by atomic mass is 9.88. The lowest BCUT2D eigenvalue weighted by Crippen LogP contribution is -2.52. The molecule has 1 aromatic heterocycles. The number of carboxylic acid groups (broad SMARTS) is 5. The highest BCUT2D eigenvalue weighted by Gasteiger charge is 2.41. The molecule has 1 aliphatic heterocycles. The number of aliphatic carboxylic acids is 5. The van der Waals surface area contributed by atoms with Crippen molar-refractivity contribution >= 4 is 129 Å². The fourth-order valence-electron chi connectivity index (χ4n) is 14.3. The molecule has 0 unspecified atom stereocenters. The van der Waals surface area contributed by atoms with Crippen LogP contribution < -0.4 is 49.1 Å². The minimum absolute atomic E-state index is 0.0554. The first-order chi connectivity index (χ1) is 57.1. The van der Waals surface area contributed by atoms with Crippen LogP contribution in [0.5, 0.6) is 0 Å². The molecule has 12 atom stereocenters. The number of rotatable bonds is 61. The van der Waals surface area contributed by atoms with E-state index in [9.17, 15) is 112 Å². The number of nitrogens with one attached hydrogen (secondary N) is 7. The molecule has 0 bridgehead atoms. The normalized spacial score (nSPS) is 15.3. The Balaban J connectivity index is 1.49. The van der Waals surface area contributed by atoms with Gasteiger partial charge in [-0.3, -0.25) is 96.1 Å². The highest BCUT2D eigenvalue weighted by atomic mass is 16.5. The molecule has 1 saturated heterocycles. The van der Waals surface area contributed by atoms with Crippen LogP contribution in [-0.2, 0) is 104 Å². The molecule has 7 amide bonds. The maximum absolute atomic E-state index is 14.7. The third-order valence-electron chi connectivity index (χ3n) is 20.9. The molecular weight excluding hydrogens is 1580 g/mol. The third-order valence-corrected chi connectivity index (χ3v) is 20.9. The number of para-hydroxylation sites is 1. The summed E-state index contributed by atoms with van der Waals surface area (Å²) in [5.41, 5.74) is 19.4. The number of hydrogen-bond acceptors (Lipinski definition) is 22. The summed E-state index contributed by atoms with van der Waals surface area (Å²) in [6, 6.07) is 3.97. The lowest BCUT2D eigenvalue weighted by molar-refractivity contribution is -0.144. The first kappa shape index (κ1) is 102. The molecule has 37 nitrogen and oxygen atoms in total. The first-order valence-electron chi connectivity index (χ1n) is 40.9. The van der Waals surface area contributed by atoms with Crippen LogP contribution in [0.4, 0.5) is 0 Å². The van der Waals surface area contributed by atoms with E-state index in [4.69, 9.17) is 27.0 Å². The maximum Gasteiger partial charge on any atom is 0.303 e. The van der Waals surface area contributed by atoms with Crippen LogP contribution in [0.25, 0.3) is 10.9 Å². The van der Waals surface area contributed by atoms with Gasteiger partial charge in [-0.15, -0.1) is 0 Å². The second-order valence-electron chi connectivity index (χ2n) is 31.8. The van der Waals surface area contributed by atoms with E-state index in [1.807, 2.05) is 52.0 Å². The number of fused-ring (bicyclic) bond motifs is 1. The molecule has 1 fully saturated rings. The van der Waals surface area contributed by atoms with Crippen molar-refractivity contribution < 1.29 is 121 Å². The number of hydrogen-bond donors (Lipinski definition) is 15. The van der Waals surface area contributed by atoms with Gasteiger partial charge >= 0.3 is 29.8 Å². The van der Waals surface area contributed by atoms with E-state index in [2.05, 4.69) is 41.9 Å². The molecule has 0 saturated carbocycles. The summed E-state index contributed by atoms with van der Waals surface area (Å²) in [5.74, 6) is -23.3. The van der Waals surface area contributed by atoms with E-state index in [1.165, 1.54) is 50.1 Å². The monoisotopic (exact) mass is 1700 g/mol. The van der Waals surface area contributed by atoms with E-state index >= 15 is 0 Å². The Morgan fingerprint density at radius 3 is 1.55 bits per heavy atom. The van der Waals surface area contributed by atoms with Gasteiger partial charge in [0.1, 0.15) is 12.6 Å². The summed E-state index contributed by atoms with van der Waals surface area (Å²) in [7, 11) is 1.49. The molecule has 0 aliphatic carbocycles. The molecule has 0 radical (unpaired) electrons. The van der Waals surface area contributed by atoms with Gasteiger partial charge in [0.05, 0.1) is 36.3 Å². The number of aromatic nitrogens is 1. The van der Waals surface area contributed by atoms with Crippen molar-refractivity contribution in [2.45, 2.75) is 244 Å². The predicted octanol–water partition coefficient (Wildman–Crippen LogP) is 3.38. The van der Waals surface area contributed by atoms with Gasteiger partial charge in [0.2, 0.25) is 41.4 Å². The van der Waals surface area contributed by atoms with Gasteiger partial charge in [-0.1, -0.05) is 77.1 Å². The summed E-state index contributed by atoms with van der Waals surface area (Å²) in [6.45, 7) is 9.70. The molecule has 3 aromatic rings. The predicted molar refractivity (Wildman–Crippen MR) is 438 cm³/mol.